The van der Waals surface area contributed by atoms with E-state index in [2.05, 4.69) is 0 Å². The zero-order valence-corrected chi connectivity index (χ0v) is 11.1. The molecule has 2 fully saturated rings. The molecule has 2 rings (SSSR count). The van der Waals surface area contributed by atoms with Crippen molar-refractivity contribution >= 4 is 16.1 Å². The van der Waals surface area contributed by atoms with E-state index in [1.165, 1.54) is 22.7 Å². The van der Waals surface area contributed by atoms with Crippen LogP contribution in [0.25, 0.3) is 0 Å². The Bertz CT molecular complexity index is 395. The van der Waals surface area contributed by atoms with Crippen molar-refractivity contribution in [3.8, 4) is 0 Å². The number of rotatable bonds is 3. The van der Waals surface area contributed by atoms with E-state index in [0.29, 0.717) is 26.2 Å². The largest absolute Gasteiger partial charge is 0.340 e. The van der Waals surface area contributed by atoms with Crippen molar-refractivity contribution in [1.82, 2.24) is 13.5 Å². The summed E-state index contributed by atoms with van der Waals surface area (Å²) < 4.78 is 26.4. The lowest BCUT2D eigenvalue weighted by molar-refractivity contribution is -0.133. The van der Waals surface area contributed by atoms with Crippen LogP contribution in [0.4, 0.5) is 0 Å². The summed E-state index contributed by atoms with van der Waals surface area (Å²) in [5.41, 5.74) is 0. The predicted octanol–water partition coefficient (Wildman–Crippen LogP) is -0.653. The van der Waals surface area contributed by atoms with E-state index in [0.717, 1.165) is 12.8 Å². The standard InChI is InChI=1S/C10H19N3O3S/c1-11(2)17(15,16)13-7-5-12(6-8-13)10(14)9-3-4-9/h9H,3-8H2,1-2H3. The summed E-state index contributed by atoms with van der Waals surface area (Å²) >= 11 is 0. The van der Waals surface area contributed by atoms with E-state index in [1.54, 1.807) is 4.90 Å². The van der Waals surface area contributed by atoms with Crippen molar-refractivity contribution in [3.63, 3.8) is 0 Å². The molecule has 1 heterocycles. The lowest BCUT2D eigenvalue weighted by Gasteiger charge is -2.35. The highest BCUT2D eigenvalue weighted by Gasteiger charge is 2.36. The highest BCUT2D eigenvalue weighted by molar-refractivity contribution is 7.86. The van der Waals surface area contributed by atoms with Crippen LogP contribution in [0.5, 0.6) is 0 Å². The Balaban J connectivity index is 1.91. The molecule has 1 aliphatic carbocycles. The highest BCUT2D eigenvalue weighted by atomic mass is 32.2. The molecule has 1 aliphatic heterocycles. The molecule has 0 bridgehead atoms. The average molecular weight is 261 g/mol. The molecule has 0 spiro atoms. The molecule has 0 N–H and O–H groups in total. The van der Waals surface area contributed by atoms with E-state index < -0.39 is 10.2 Å². The monoisotopic (exact) mass is 261 g/mol. The van der Waals surface area contributed by atoms with Gasteiger partial charge in [0.1, 0.15) is 0 Å². The molecule has 0 radical (unpaired) electrons. The second-order valence-electron chi connectivity index (χ2n) is 4.79. The van der Waals surface area contributed by atoms with Crippen LogP contribution in [-0.4, -0.2) is 68.1 Å². The molecular formula is C10H19N3O3S. The minimum absolute atomic E-state index is 0.201. The molecule has 0 aromatic carbocycles. The highest BCUT2D eigenvalue weighted by Crippen LogP contribution is 2.31. The third kappa shape index (κ3) is 2.61. The Labute approximate surface area is 102 Å². The van der Waals surface area contributed by atoms with Crippen LogP contribution < -0.4 is 0 Å². The van der Waals surface area contributed by atoms with Crippen molar-refractivity contribution in [2.45, 2.75) is 12.8 Å². The lowest BCUT2D eigenvalue weighted by atomic mass is 10.3. The zero-order valence-electron chi connectivity index (χ0n) is 10.3. The topological polar surface area (TPSA) is 60.9 Å². The van der Waals surface area contributed by atoms with Gasteiger partial charge in [-0.2, -0.15) is 17.0 Å². The minimum atomic E-state index is -3.33. The molecule has 17 heavy (non-hydrogen) atoms. The van der Waals surface area contributed by atoms with Gasteiger partial charge in [0.05, 0.1) is 0 Å². The van der Waals surface area contributed by atoms with Crippen molar-refractivity contribution in [3.05, 3.63) is 0 Å². The third-order valence-corrected chi connectivity index (χ3v) is 5.21. The quantitative estimate of drug-likeness (QED) is 0.678. The van der Waals surface area contributed by atoms with E-state index >= 15 is 0 Å². The smallest absolute Gasteiger partial charge is 0.281 e. The summed E-state index contributed by atoms with van der Waals surface area (Å²) in [6.07, 6.45) is 1.99. The molecule has 1 amide bonds. The van der Waals surface area contributed by atoms with Crippen LogP contribution in [-0.2, 0) is 15.0 Å². The molecule has 0 unspecified atom stereocenters. The first-order chi connectivity index (χ1) is 7.93. The van der Waals surface area contributed by atoms with Gasteiger partial charge >= 0.3 is 0 Å². The molecule has 7 heteroatoms. The van der Waals surface area contributed by atoms with Gasteiger partial charge in [-0.1, -0.05) is 0 Å². The summed E-state index contributed by atoms with van der Waals surface area (Å²) in [5.74, 6) is 0.416. The average Bonchev–Trinajstić information content (AvgIpc) is 3.12. The number of carbonyl (C=O) groups is 1. The second kappa shape index (κ2) is 4.55. The Hall–Kier alpha value is -0.660. The Morgan fingerprint density at radius 1 is 1.12 bits per heavy atom. The number of nitrogens with zero attached hydrogens (tertiary/aromatic N) is 3. The molecule has 1 saturated heterocycles. The van der Waals surface area contributed by atoms with Gasteiger partial charge in [-0.25, -0.2) is 0 Å². The van der Waals surface area contributed by atoms with E-state index in [-0.39, 0.29) is 11.8 Å². The summed E-state index contributed by atoms with van der Waals surface area (Å²) in [6.45, 7) is 1.84. The van der Waals surface area contributed by atoms with E-state index in [9.17, 15) is 13.2 Å². The second-order valence-corrected chi connectivity index (χ2v) is 6.93. The lowest BCUT2D eigenvalue weighted by Crippen LogP contribution is -2.53. The van der Waals surface area contributed by atoms with Gasteiger partial charge in [0.15, 0.2) is 0 Å². The SMILES string of the molecule is CN(C)S(=O)(=O)N1CCN(C(=O)C2CC2)CC1. The van der Waals surface area contributed by atoms with Gasteiger partial charge in [-0.3, -0.25) is 4.79 Å². The summed E-state index contributed by atoms with van der Waals surface area (Å²) in [5, 5.41) is 0. The van der Waals surface area contributed by atoms with Crippen molar-refractivity contribution in [2.75, 3.05) is 40.3 Å². The van der Waals surface area contributed by atoms with Gasteiger partial charge < -0.3 is 4.90 Å². The van der Waals surface area contributed by atoms with Crippen LogP contribution in [0.15, 0.2) is 0 Å². The van der Waals surface area contributed by atoms with Gasteiger partial charge in [-0.15, -0.1) is 0 Å². The summed E-state index contributed by atoms with van der Waals surface area (Å²) in [4.78, 5) is 13.6. The van der Waals surface area contributed by atoms with Gasteiger partial charge in [-0.05, 0) is 12.8 Å². The van der Waals surface area contributed by atoms with Crippen molar-refractivity contribution in [2.24, 2.45) is 5.92 Å². The number of piperazine rings is 1. The minimum Gasteiger partial charge on any atom is -0.340 e. The zero-order chi connectivity index (χ0) is 12.6. The van der Waals surface area contributed by atoms with Gasteiger partial charge in [0, 0.05) is 46.2 Å². The number of amides is 1. The van der Waals surface area contributed by atoms with Crippen molar-refractivity contribution in [1.29, 1.82) is 0 Å². The summed E-state index contributed by atoms with van der Waals surface area (Å²) in [7, 11) is -0.275. The number of hydrogen-bond acceptors (Lipinski definition) is 3. The fraction of sp³-hybridized carbons (Fsp3) is 0.900. The Kier molecular flexibility index (Phi) is 3.42. The third-order valence-electron chi connectivity index (χ3n) is 3.26. The first-order valence-corrected chi connectivity index (χ1v) is 7.29. The van der Waals surface area contributed by atoms with Crippen LogP contribution in [0.1, 0.15) is 12.8 Å². The maximum atomic E-state index is 11.9. The first kappa shape index (κ1) is 12.8. The fourth-order valence-corrected chi connectivity index (χ4v) is 3.05. The number of carbonyl (C=O) groups excluding carboxylic acids is 1. The fourth-order valence-electron chi connectivity index (χ4n) is 1.96. The molecule has 6 nitrogen and oxygen atoms in total. The van der Waals surface area contributed by atoms with Crippen LogP contribution in [0, 0.1) is 5.92 Å². The molecule has 98 valence electrons. The normalized spacial score (nSPS) is 23.1. The maximum Gasteiger partial charge on any atom is 0.281 e. The summed E-state index contributed by atoms with van der Waals surface area (Å²) in [6, 6.07) is 0. The Morgan fingerprint density at radius 2 is 1.65 bits per heavy atom. The van der Waals surface area contributed by atoms with E-state index in [4.69, 9.17) is 0 Å². The van der Waals surface area contributed by atoms with Crippen LogP contribution >= 0.6 is 0 Å². The van der Waals surface area contributed by atoms with Gasteiger partial charge in [0.2, 0.25) is 5.91 Å². The number of hydrogen-bond donors (Lipinski definition) is 0. The van der Waals surface area contributed by atoms with Crippen molar-refractivity contribution < 1.29 is 13.2 Å². The molecule has 1 saturated carbocycles. The molecule has 0 atom stereocenters. The molecule has 0 aromatic rings. The molecule has 2 aliphatic rings. The Morgan fingerprint density at radius 3 is 2.06 bits per heavy atom. The van der Waals surface area contributed by atoms with Crippen LogP contribution in [0.3, 0.4) is 0 Å². The van der Waals surface area contributed by atoms with Gasteiger partial charge in [0.25, 0.3) is 10.2 Å². The maximum absolute atomic E-state index is 11.9. The molecular weight excluding hydrogens is 242 g/mol. The van der Waals surface area contributed by atoms with Crippen LogP contribution in [0.2, 0.25) is 0 Å². The van der Waals surface area contributed by atoms with E-state index in [1.807, 2.05) is 0 Å². The predicted molar refractivity (Wildman–Crippen MR) is 63.5 cm³/mol. The molecule has 0 aromatic heterocycles. The first-order valence-electron chi connectivity index (χ1n) is 5.89.